The molecule has 2 aromatic carbocycles. The van der Waals surface area contributed by atoms with Gasteiger partial charge in [0.15, 0.2) is 11.5 Å². The Balaban J connectivity index is 2.04. The molecule has 0 aliphatic heterocycles. The summed E-state index contributed by atoms with van der Waals surface area (Å²) < 4.78 is 34.3. The Labute approximate surface area is 153 Å². The lowest BCUT2D eigenvalue weighted by Gasteiger charge is -2.17. The van der Waals surface area contributed by atoms with Crippen molar-refractivity contribution in [3.05, 3.63) is 52.6 Å². The maximum Gasteiger partial charge on any atom is 0.387 e. The molecular weight excluding hydrogens is 364 g/mol. The normalized spacial score (nSPS) is 11.6. The number of anilines is 2. The van der Waals surface area contributed by atoms with Crippen LogP contribution in [-0.4, -0.2) is 30.6 Å². The molecule has 144 valence electrons. The summed E-state index contributed by atoms with van der Waals surface area (Å²) in [4.78, 5) is 22.3. The fraction of sp³-hybridized carbons (Fsp3) is 0.235. The summed E-state index contributed by atoms with van der Waals surface area (Å²) in [5, 5.41) is 16.1. The number of rotatable bonds is 8. The number of hydrogen-bond acceptors (Lipinski definition) is 6. The van der Waals surface area contributed by atoms with Crippen LogP contribution in [0.2, 0.25) is 0 Å². The Morgan fingerprint density at radius 2 is 1.74 bits per heavy atom. The van der Waals surface area contributed by atoms with Crippen LogP contribution < -0.4 is 20.1 Å². The monoisotopic (exact) mass is 381 g/mol. The minimum absolute atomic E-state index is 0.0936. The molecular formula is C17H17F2N3O5. The number of halogens is 2. The van der Waals surface area contributed by atoms with E-state index in [1.54, 1.807) is 13.0 Å². The van der Waals surface area contributed by atoms with E-state index >= 15 is 0 Å². The average molecular weight is 381 g/mol. The van der Waals surface area contributed by atoms with Crippen LogP contribution in [0.5, 0.6) is 11.5 Å². The van der Waals surface area contributed by atoms with E-state index < -0.39 is 23.5 Å². The molecule has 0 spiro atoms. The zero-order valence-electron chi connectivity index (χ0n) is 14.4. The van der Waals surface area contributed by atoms with Gasteiger partial charge in [0.05, 0.1) is 12.0 Å². The first kappa shape index (κ1) is 19.9. The summed E-state index contributed by atoms with van der Waals surface area (Å²) in [6.45, 7) is -1.45. The third-order valence-corrected chi connectivity index (χ3v) is 3.50. The summed E-state index contributed by atoms with van der Waals surface area (Å²) in [5.74, 6) is -0.458. The van der Waals surface area contributed by atoms with Crippen molar-refractivity contribution in [1.82, 2.24) is 0 Å². The van der Waals surface area contributed by atoms with E-state index in [1.165, 1.54) is 43.5 Å². The van der Waals surface area contributed by atoms with Gasteiger partial charge in [-0.05, 0) is 31.2 Å². The van der Waals surface area contributed by atoms with Crippen LogP contribution in [0.1, 0.15) is 6.92 Å². The highest BCUT2D eigenvalue weighted by Crippen LogP contribution is 2.31. The second kappa shape index (κ2) is 8.79. The summed E-state index contributed by atoms with van der Waals surface area (Å²) in [5.41, 5.74) is 0.664. The number of benzene rings is 2. The van der Waals surface area contributed by atoms with Gasteiger partial charge >= 0.3 is 6.61 Å². The standard InChI is InChI=1S/C17H17F2N3O5/c1-10(16(23)21-11-3-6-13(7-4-11)22(24)25)20-12-5-8-14(26-2)15(9-12)27-17(18)19/h3-10,17,20H,1-2H3,(H,21,23)/t10-/m0/s1. The lowest BCUT2D eigenvalue weighted by molar-refractivity contribution is -0.384. The Morgan fingerprint density at radius 1 is 1.11 bits per heavy atom. The zero-order valence-corrected chi connectivity index (χ0v) is 14.4. The first-order valence-corrected chi connectivity index (χ1v) is 7.75. The van der Waals surface area contributed by atoms with Gasteiger partial charge < -0.3 is 20.1 Å². The molecule has 2 aromatic rings. The molecule has 1 amide bonds. The smallest absolute Gasteiger partial charge is 0.387 e. The van der Waals surface area contributed by atoms with Crippen molar-refractivity contribution in [2.45, 2.75) is 19.6 Å². The van der Waals surface area contributed by atoms with Crippen molar-refractivity contribution in [3.8, 4) is 11.5 Å². The molecule has 1 atom stereocenters. The first-order valence-electron chi connectivity index (χ1n) is 7.75. The van der Waals surface area contributed by atoms with Gasteiger partial charge in [0.25, 0.3) is 5.69 Å². The van der Waals surface area contributed by atoms with Crippen molar-refractivity contribution >= 4 is 23.0 Å². The first-order chi connectivity index (χ1) is 12.8. The number of amides is 1. The lowest BCUT2D eigenvalue weighted by Crippen LogP contribution is -2.31. The molecule has 2 N–H and O–H groups in total. The van der Waals surface area contributed by atoms with E-state index in [-0.39, 0.29) is 17.2 Å². The summed E-state index contributed by atoms with van der Waals surface area (Å²) >= 11 is 0. The van der Waals surface area contributed by atoms with Crippen molar-refractivity contribution in [2.24, 2.45) is 0 Å². The largest absolute Gasteiger partial charge is 0.493 e. The number of alkyl halides is 2. The van der Waals surface area contributed by atoms with Gasteiger partial charge in [0.2, 0.25) is 5.91 Å². The number of hydrogen-bond donors (Lipinski definition) is 2. The van der Waals surface area contributed by atoms with Gasteiger partial charge in [-0.2, -0.15) is 8.78 Å². The molecule has 8 nitrogen and oxygen atoms in total. The van der Waals surface area contributed by atoms with Crippen LogP contribution in [0.25, 0.3) is 0 Å². The highest BCUT2D eigenvalue weighted by atomic mass is 19.3. The molecule has 0 saturated carbocycles. The summed E-state index contributed by atoms with van der Waals surface area (Å²) in [6.07, 6.45) is 0. The minimum atomic E-state index is -3.02. The number of nitro groups is 1. The fourth-order valence-corrected chi connectivity index (χ4v) is 2.19. The molecule has 0 saturated heterocycles. The molecule has 27 heavy (non-hydrogen) atoms. The van der Waals surface area contributed by atoms with Crippen LogP contribution in [0.15, 0.2) is 42.5 Å². The molecule has 2 rings (SSSR count). The molecule has 10 heteroatoms. The van der Waals surface area contributed by atoms with Crippen LogP contribution in [-0.2, 0) is 4.79 Å². The number of carbonyl (C=O) groups excluding carboxylic acids is 1. The maximum absolute atomic E-state index is 12.5. The second-order valence-electron chi connectivity index (χ2n) is 5.40. The third-order valence-electron chi connectivity index (χ3n) is 3.50. The second-order valence-corrected chi connectivity index (χ2v) is 5.40. The van der Waals surface area contributed by atoms with Crippen molar-refractivity contribution in [3.63, 3.8) is 0 Å². The lowest BCUT2D eigenvalue weighted by atomic mass is 10.2. The maximum atomic E-state index is 12.5. The number of non-ortho nitro benzene ring substituents is 1. The van der Waals surface area contributed by atoms with E-state index in [9.17, 15) is 23.7 Å². The highest BCUT2D eigenvalue weighted by Gasteiger charge is 2.16. The van der Waals surface area contributed by atoms with Gasteiger partial charge in [-0.25, -0.2) is 0 Å². The fourth-order valence-electron chi connectivity index (χ4n) is 2.19. The van der Waals surface area contributed by atoms with Crippen LogP contribution >= 0.6 is 0 Å². The van der Waals surface area contributed by atoms with Gasteiger partial charge in [0.1, 0.15) is 6.04 Å². The Kier molecular flexibility index (Phi) is 6.47. The predicted molar refractivity (Wildman–Crippen MR) is 94.4 cm³/mol. The van der Waals surface area contributed by atoms with Gasteiger partial charge in [0, 0.05) is 29.6 Å². The van der Waals surface area contributed by atoms with Crippen LogP contribution in [0.3, 0.4) is 0 Å². The van der Waals surface area contributed by atoms with E-state index in [0.29, 0.717) is 11.4 Å². The zero-order chi connectivity index (χ0) is 20.0. The summed E-state index contributed by atoms with van der Waals surface area (Å²) in [7, 11) is 1.32. The Morgan fingerprint density at radius 3 is 2.30 bits per heavy atom. The number of nitrogens with one attached hydrogen (secondary N) is 2. The quantitative estimate of drug-likeness (QED) is 0.535. The van der Waals surface area contributed by atoms with E-state index in [1.807, 2.05) is 0 Å². The molecule has 0 aliphatic carbocycles. The van der Waals surface area contributed by atoms with Crippen molar-refractivity contribution in [2.75, 3.05) is 17.7 Å². The number of methoxy groups -OCH3 is 1. The van der Waals surface area contributed by atoms with Crippen LogP contribution in [0, 0.1) is 10.1 Å². The van der Waals surface area contributed by atoms with E-state index in [2.05, 4.69) is 15.4 Å². The van der Waals surface area contributed by atoms with Gasteiger partial charge in [-0.15, -0.1) is 0 Å². The minimum Gasteiger partial charge on any atom is -0.493 e. The Hall–Kier alpha value is -3.43. The van der Waals surface area contributed by atoms with Crippen molar-refractivity contribution in [1.29, 1.82) is 0 Å². The number of nitrogens with zero attached hydrogens (tertiary/aromatic N) is 1. The third kappa shape index (κ3) is 5.53. The average Bonchev–Trinajstić information content (AvgIpc) is 2.61. The molecule has 0 aromatic heterocycles. The number of nitro benzene ring substituents is 1. The topological polar surface area (TPSA) is 103 Å². The number of ether oxygens (including phenoxy) is 2. The summed E-state index contributed by atoms with van der Waals surface area (Å²) in [6, 6.07) is 8.90. The van der Waals surface area contributed by atoms with E-state index in [4.69, 9.17) is 4.74 Å². The molecule has 0 unspecified atom stereocenters. The molecule has 0 aliphatic rings. The SMILES string of the molecule is COc1ccc(N[C@@H](C)C(=O)Nc2ccc([N+](=O)[O-])cc2)cc1OC(F)F. The molecule has 0 radical (unpaired) electrons. The van der Waals surface area contributed by atoms with Gasteiger partial charge in [-0.1, -0.05) is 0 Å². The molecule has 0 bridgehead atoms. The van der Waals surface area contributed by atoms with Crippen LogP contribution in [0.4, 0.5) is 25.8 Å². The molecule has 0 heterocycles. The number of carbonyl (C=O) groups is 1. The van der Waals surface area contributed by atoms with Gasteiger partial charge in [-0.3, -0.25) is 14.9 Å². The Bertz CT molecular complexity index is 815. The van der Waals surface area contributed by atoms with Crippen molar-refractivity contribution < 1.29 is 28.0 Å². The molecule has 0 fully saturated rings. The predicted octanol–water partition coefficient (Wildman–Crippen LogP) is 3.64. The van der Waals surface area contributed by atoms with E-state index in [0.717, 1.165) is 0 Å². The highest BCUT2D eigenvalue weighted by molar-refractivity contribution is 5.96.